The fraction of sp³-hybridized carbons (Fsp3) is 0.400. The number of aromatic nitrogens is 1. The van der Waals surface area contributed by atoms with Crippen molar-refractivity contribution in [3.63, 3.8) is 0 Å². The van der Waals surface area contributed by atoms with Crippen LogP contribution in [-0.2, 0) is 0 Å². The van der Waals surface area contributed by atoms with Gasteiger partial charge in [0.1, 0.15) is 11.4 Å². The Balaban J connectivity index is 2.82. The molecule has 1 rings (SSSR count). The summed E-state index contributed by atoms with van der Waals surface area (Å²) in [6, 6.07) is 1.54. The predicted octanol–water partition coefficient (Wildman–Crippen LogP) is 2.71. The molecular weight excluding hydrogens is 292 g/mol. The van der Waals surface area contributed by atoms with Crippen LogP contribution in [0.25, 0.3) is 0 Å². The average molecular weight is 305 g/mol. The summed E-state index contributed by atoms with van der Waals surface area (Å²) in [6.07, 6.45) is 3.60. The molecule has 0 aliphatic rings. The first-order chi connectivity index (χ1) is 7.54. The minimum Gasteiger partial charge on any atom is -0.478 e. The second kappa shape index (κ2) is 6.10. The van der Waals surface area contributed by atoms with Crippen molar-refractivity contribution in [2.75, 3.05) is 18.1 Å². The van der Waals surface area contributed by atoms with Crippen LogP contribution < -0.4 is 5.32 Å². The fourth-order valence-corrected chi connectivity index (χ4v) is 1.65. The molecule has 0 radical (unpaired) electrons. The Morgan fingerprint density at radius 2 is 2.44 bits per heavy atom. The molecule has 1 unspecified atom stereocenters. The predicted molar refractivity (Wildman–Crippen MR) is 70.4 cm³/mol. The van der Waals surface area contributed by atoms with Gasteiger partial charge >= 0.3 is 5.97 Å². The lowest BCUT2D eigenvalue weighted by molar-refractivity contribution is 0.0697. The van der Waals surface area contributed by atoms with Gasteiger partial charge in [-0.3, -0.25) is 0 Å². The lowest BCUT2D eigenvalue weighted by Crippen LogP contribution is -2.16. The molecule has 0 fully saturated rings. The maximum atomic E-state index is 11.0. The van der Waals surface area contributed by atoms with Crippen LogP contribution in [0, 0.1) is 0 Å². The van der Waals surface area contributed by atoms with Gasteiger partial charge in [-0.1, -0.05) is 6.92 Å². The highest BCUT2D eigenvalue weighted by Gasteiger charge is 2.12. The Hall–Kier alpha value is -0.750. The lowest BCUT2D eigenvalue weighted by Gasteiger charge is -2.12. The number of carboxylic acid groups (broad SMARTS) is 1. The van der Waals surface area contributed by atoms with E-state index in [9.17, 15) is 4.79 Å². The molecule has 1 aromatic heterocycles. The number of hydrogen-bond acceptors (Lipinski definition) is 4. The molecule has 0 aliphatic heterocycles. The lowest BCUT2D eigenvalue weighted by atomic mass is 10.2. The molecule has 0 saturated heterocycles. The topological polar surface area (TPSA) is 62.2 Å². The third kappa shape index (κ3) is 3.68. The summed E-state index contributed by atoms with van der Waals surface area (Å²) >= 11 is 4.92. The monoisotopic (exact) mass is 304 g/mol. The highest BCUT2D eigenvalue weighted by molar-refractivity contribution is 9.10. The van der Waals surface area contributed by atoms with Gasteiger partial charge in [0.25, 0.3) is 0 Å². The Morgan fingerprint density at radius 3 is 3.00 bits per heavy atom. The summed E-state index contributed by atoms with van der Waals surface area (Å²) < 4.78 is 0.661. The molecule has 1 aromatic rings. The second-order valence-corrected chi connectivity index (χ2v) is 5.47. The number of rotatable bonds is 5. The average Bonchev–Trinajstić information content (AvgIpc) is 2.26. The van der Waals surface area contributed by atoms with Gasteiger partial charge < -0.3 is 10.4 Å². The normalized spacial score (nSPS) is 12.2. The number of nitrogens with one attached hydrogen (secondary N) is 1. The molecule has 0 amide bonds. The van der Waals surface area contributed by atoms with Crippen molar-refractivity contribution >= 4 is 39.5 Å². The smallest absolute Gasteiger partial charge is 0.339 e. The first-order valence-corrected chi connectivity index (χ1v) is 6.78. The number of anilines is 1. The van der Waals surface area contributed by atoms with Crippen LogP contribution in [0.3, 0.4) is 0 Å². The fourth-order valence-electron chi connectivity index (χ4n) is 1.07. The van der Waals surface area contributed by atoms with Crippen LogP contribution in [0.5, 0.6) is 0 Å². The Bertz CT molecular complexity index is 387. The van der Waals surface area contributed by atoms with E-state index in [1.165, 1.54) is 0 Å². The van der Waals surface area contributed by atoms with Crippen LogP contribution in [-0.4, -0.2) is 34.1 Å². The van der Waals surface area contributed by atoms with Crippen molar-refractivity contribution in [2.24, 2.45) is 0 Å². The van der Waals surface area contributed by atoms with Crippen LogP contribution in [0.4, 0.5) is 5.82 Å². The number of halogens is 1. The van der Waals surface area contributed by atoms with Crippen LogP contribution >= 0.6 is 27.7 Å². The van der Waals surface area contributed by atoms with E-state index < -0.39 is 5.97 Å². The number of pyridine rings is 1. The molecule has 0 aliphatic carbocycles. The van der Waals surface area contributed by atoms with Crippen LogP contribution in [0.2, 0.25) is 0 Å². The van der Waals surface area contributed by atoms with Gasteiger partial charge in [0, 0.05) is 22.5 Å². The van der Waals surface area contributed by atoms with Crippen molar-refractivity contribution in [1.82, 2.24) is 4.98 Å². The summed E-state index contributed by atoms with van der Waals surface area (Å²) in [7, 11) is 0. The Morgan fingerprint density at radius 1 is 1.75 bits per heavy atom. The number of nitrogens with zero attached hydrogens (tertiary/aromatic N) is 1. The van der Waals surface area contributed by atoms with E-state index in [1.807, 2.05) is 6.26 Å². The quantitative estimate of drug-likeness (QED) is 0.876. The molecule has 2 N–H and O–H groups in total. The molecule has 1 heterocycles. The summed E-state index contributed by atoms with van der Waals surface area (Å²) in [5, 5.41) is 12.5. The molecule has 4 nitrogen and oxygen atoms in total. The highest BCUT2D eigenvalue weighted by Crippen LogP contribution is 2.18. The second-order valence-electron chi connectivity index (χ2n) is 3.28. The zero-order valence-corrected chi connectivity index (χ0v) is 11.4. The zero-order chi connectivity index (χ0) is 12.1. The van der Waals surface area contributed by atoms with Crippen LogP contribution in [0.1, 0.15) is 17.3 Å². The van der Waals surface area contributed by atoms with Crippen LogP contribution in [0.15, 0.2) is 16.7 Å². The van der Waals surface area contributed by atoms with Crippen molar-refractivity contribution < 1.29 is 9.90 Å². The van der Waals surface area contributed by atoms with Gasteiger partial charge in [-0.05, 0) is 28.3 Å². The minimum absolute atomic E-state index is 0.183. The van der Waals surface area contributed by atoms with E-state index >= 15 is 0 Å². The molecular formula is C10H13BrN2O2S. The minimum atomic E-state index is -0.979. The molecule has 0 saturated carbocycles. The van der Waals surface area contributed by atoms with Gasteiger partial charge in [0.05, 0.1) is 0 Å². The maximum absolute atomic E-state index is 11.0. The summed E-state index contributed by atoms with van der Waals surface area (Å²) in [5.74, 6) is -0.565. The van der Waals surface area contributed by atoms with E-state index in [1.54, 1.807) is 24.0 Å². The van der Waals surface area contributed by atoms with Gasteiger partial charge in [-0.2, -0.15) is 11.8 Å². The molecule has 16 heavy (non-hydrogen) atoms. The summed E-state index contributed by atoms with van der Waals surface area (Å²) in [5.41, 5.74) is 0.183. The van der Waals surface area contributed by atoms with E-state index in [0.717, 1.165) is 0 Å². The molecule has 88 valence electrons. The van der Waals surface area contributed by atoms with E-state index in [-0.39, 0.29) is 5.56 Å². The largest absolute Gasteiger partial charge is 0.478 e. The Labute approximate surface area is 107 Å². The summed E-state index contributed by atoms with van der Waals surface area (Å²) in [6.45, 7) is 2.76. The number of hydrogen-bond donors (Lipinski definition) is 2. The first kappa shape index (κ1) is 13.3. The highest BCUT2D eigenvalue weighted by atomic mass is 79.9. The third-order valence-corrected chi connectivity index (χ3v) is 3.45. The Kier molecular flexibility index (Phi) is 5.08. The number of carbonyl (C=O) groups is 1. The van der Waals surface area contributed by atoms with Gasteiger partial charge in [-0.25, -0.2) is 9.78 Å². The van der Waals surface area contributed by atoms with Crippen molar-refractivity contribution in [3.8, 4) is 0 Å². The molecule has 6 heteroatoms. The van der Waals surface area contributed by atoms with Gasteiger partial charge in [-0.15, -0.1) is 0 Å². The van der Waals surface area contributed by atoms with Crippen molar-refractivity contribution in [1.29, 1.82) is 0 Å². The molecule has 0 bridgehead atoms. The van der Waals surface area contributed by atoms with E-state index in [0.29, 0.717) is 22.1 Å². The van der Waals surface area contributed by atoms with E-state index in [4.69, 9.17) is 5.11 Å². The summed E-state index contributed by atoms with van der Waals surface area (Å²) in [4.78, 5) is 15.0. The third-order valence-electron chi connectivity index (χ3n) is 2.04. The number of thioether (sulfide) groups is 1. The standard InChI is InChI=1S/C10H13BrN2O2S/c1-6(16-2)4-12-9-8(10(14)15)3-7(11)5-13-9/h3,5-6H,4H2,1-2H3,(H,12,13)(H,14,15). The molecule has 0 spiro atoms. The molecule has 1 atom stereocenters. The van der Waals surface area contributed by atoms with Crippen molar-refractivity contribution in [3.05, 3.63) is 22.3 Å². The number of aromatic carboxylic acids is 1. The van der Waals surface area contributed by atoms with Crippen molar-refractivity contribution in [2.45, 2.75) is 12.2 Å². The van der Waals surface area contributed by atoms with Gasteiger partial charge in [0.2, 0.25) is 0 Å². The maximum Gasteiger partial charge on any atom is 0.339 e. The molecule has 0 aromatic carbocycles. The van der Waals surface area contributed by atoms with Gasteiger partial charge in [0.15, 0.2) is 0 Å². The number of carboxylic acids is 1. The van der Waals surface area contributed by atoms with E-state index in [2.05, 4.69) is 33.2 Å². The first-order valence-electron chi connectivity index (χ1n) is 4.70. The zero-order valence-electron chi connectivity index (χ0n) is 9.03. The SMILES string of the molecule is CSC(C)CNc1ncc(Br)cc1C(=O)O.